The number of amides is 1. The van der Waals surface area contributed by atoms with Crippen LogP contribution >= 0.6 is 7.82 Å². The molecule has 10 heteroatoms. The lowest BCUT2D eigenvalue weighted by Crippen LogP contribution is -2.47. The zero-order valence-electron chi connectivity index (χ0n) is 56.1. The number of hydrogen-bond acceptors (Lipinski definition) is 7. The fraction of sp³-hybridized carbons (Fsp3) is 0.811. The van der Waals surface area contributed by atoms with Crippen LogP contribution in [-0.2, 0) is 27.9 Å². The van der Waals surface area contributed by atoms with Gasteiger partial charge in [0.2, 0.25) is 5.91 Å². The Bertz CT molecular complexity index is 1670. The van der Waals surface area contributed by atoms with E-state index in [2.05, 4.69) is 86.8 Å². The van der Waals surface area contributed by atoms with E-state index in [9.17, 15) is 19.0 Å². The topological polar surface area (TPSA) is 114 Å². The highest BCUT2D eigenvalue weighted by atomic mass is 31.2. The zero-order chi connectivity index (χ0) is 61.4. The minimum absolute atomic E-state index is 0.0253. The number of likely N-dealkylation sites (N-methyl/N-ethyl adjacent to an activating group) is 1. The number of quaternary nitrogens is 1. The first-order valence-corrected chi connectivity index (χ1v) is 37.2. The minimum Gasteiger partial charge on any atom is -0.756 e. The SMILES string of the molecule is CCCCC/C=C\C/C=C\C/C=C\C/C=C\CCCCCCCCCC(=O)OC(/C=C/CCCCCCCCCCCC)C(COP(=O)([O-])OCC[N+](C)(C)C)NC(=O)CCCCCCCCCCCCCCC/C=C/CCCCCCCC. The van der Waals surface area contributed by atoms with Crippen molar-refractivity contribution in [1.29, 1.82) is 0 Å². The predicted octanol–water partition coefficient (Wildman–Crippen LogP) is 22.1. The van der Waals surface area contributed by atoms with Crippen LogP contribution in [0, 0.1) is 0 Å². The van der Waals surface area contributed by atoms with Crippen LogP contribution in [-0.4, -0.2) is 69.4 Å². The Morgan fingerprint density at radius 3 is 1.12 bits per heavy atom. The first kappa shape index (κ1) is 81.5. The van der Waals surface area contributed by atoms with E-state index in [0.717, 1.165) is 89.9 Å². The molecule has 0 bridgehead atoms. The number of carbonyl (C=O) groups is 2. The molecule has 1 amide bonds. The summed E-state index contributed by atoms with van der Waals surface area (Å²) >= 11 is 0. The summed E-state index contributed by atoms with van der Waals surface area (Å²) < 4.78 is 30.4. The van der Waals surface area contributed by atoms with E-state index in [1.807, 2.05) is 33.3 Å². The number of rotatable bonds is 65. The van der Waals surface area contributed by atoms with Gasteiger partial charge in [0, 0.05) is 12.8 Å². The van der Waals surface area contributed by atoms with E-state index in [0.29, 0.717) is 17.4 Å². The molecule has 1 N–H and O–H groups in total. The lowest BCUT2D eigenvalue weighted by Gasteiger charge is -2.30. The van der Waals surface area contributed by atoms with Crippen molar-refractivity contribution >= 4 is 19.7 Å². The summed E-state index contributed by atoms with van der Waals surface area (Å²) in [6.07, 6.45) is 83.0. The summed E-state index contributed by atoms with van der Waals surface area (Å²) in [5.74, 6) is -0.544. The molecule has 0 aromatic heterocycles. The molecular formula is C74H137N2O7P. The number of nitrogens with one attached hydrogen (secondary N) is 1. The Morgan fingerprint density at radius 1 is 0.417 bits per heavy atom. The van der Waals surface area contributed by atoms with Crippen LogP contribution in [0.5, 0.6) is 0 Å². The molecule has 0 radical (unpaired) electrons. The van der Waals surface area contributed by atoms with Crippen molar-refractivity contribution in [2.24, 2.45) is 0 Å². The molecule has 0 spiro atoms. The van der Waals surface area contributed by atoms with Gasteiger partial charge in [0.25, 0.3) is 7.82 Å². The Balaban J connectivity index is 5.10. The van der Waals surface area contributed by atoms with E-state index < -0.39 is 26.6 Å². The molecule has 0 aliphatic carbocycles. The van der Waals surface area contributed by atoms with Crippen molar-refractivity contribution in [2.75, 3.05) is 40.9 Å². The predicted molar refractivity (Wildman–Crippen MR) is 362 cm³/mol. The van der Waals surface area contributed by atoms with Gasteiger partial charge in [-0.05, 0) is 102 Å². The Kier molecular flexibility index (Phi) is 61.5. The Morgan fingerprint density at radius 2 is 0.726 bits per heavy atom. The average molecular weight is 1200 g/mol. The van der Waals surface area contributed by atoms with Gasteiger partial charge in [0.15, 0.2) is 0 Å². The molecule has 3 unspecified atom stereocenters. The molecule has 0 fully saturated rings. The van der Waals surface area contributed by atoms with Gasteiger partial charge in [-0.3, -0.25) is 14.2 Å². The number of carbonyl (C=O) groups excluding carboxylic acids is 2. The van der Waals surface area contributed by atoms with E-state index in [1.165, 1.54) is 212 Å². The van der Waals surface area contributed by atoms with Gasteiger partial charge in [-0.2, -0.15) is 0 Å². The number of hydrogen-bond donors (Lipinski definition) is 1. The van der Waals surface area contributed by atoms with E-state index >= 15 is 0 Å². The number of nitrogens with zero attached hydrogens (tertiary/aromatic N) is 1. The molecule has 0 saturated heterocycles. The molecular weight excluding hydrogens is 1060 g/mol. The maximum absolute atomic E-state index is 13.6. The lowest BCUT2D eigenvalue weighted by molar-refractivity contribution is -0.870. The lowest BCUT2D eigenvalue weighted by atomic mass is 10.0. The van der Waals surface area contributed by atoms with E-state index in [1.54, 1.807) is 0 Å². The van der Waals surface area contributed by atoms with Gasteiger partial charge in [0.05, 0.1) is 33.8 Å². The summed E-state index contributed by atoms with van der Waals surface area (Å²) in [5.41, 5.74) is 0. The Hall–Kier alpha value is -2.55. The smallest absolute Gasteiger partial charge is 0.306 e. The number of unbranched alkanes of at least 4 members (excludes halogenated alkanes) is 39. The minimum atomic E-state index is -4.71. The number of phosphoric acid groups is 1. The summed E-state index contributed by atoms with van der Waals surface area (Å²) in [5, 5.41) is 3.04. The van der Waals surface area contributed by atoms with Crippen LogP contribution in [0.1, 0.15) is 335 Å². The highest BCUT2D eigenvalue weighted by Gasteiger charge is 2.27. The highest BCUT2D eigenvalue weighted by Crippen LogP contribution is 2.38. The molecule has 0 aromatic rings. The maximum atomic E-state index is 13.6. The van der Waals surface area contributed by atoms with Crippen LogP contribution in [0.3, 0.4) is 0 Å². The third-order valence-corrected chi connectivity index (χ3v) is 16.8. The summed E-state index contributed by atoms with van der Waals surface area (Å²) in [4.78, 5) is 40.2. The first-order valence-electron chi connectivity index (χ1n) is 35.7. The standard InChI is InChI=1S/C74H137N2O7P/c1-7-10-13-16-19-22-25-28-30-32-34-36-38-40-42-44-46-48-51-54-57-60-63-66-73(77)75-71(70-82-84(79,80)81-69-68-76(4,5)6)72(65-62-59-56-53-50-27-24-21-18-15-12-9-3)83-74(78)67-64-61-58-55-52-49-47-45-43-41-39-37-35-33-31-29-26-23-20-17-14-11-8-2/h20,23,28-31,35,37,41,43,62,65,71-72H,7-19,21-22,24-27,32-34,36,38-40,42,44-61,63-64,66-70H2,1-6H3,(H-,75,77,79,80)/b23-20-,30-28+,31-29-,37-35-,43-41-,65-62+. The van der Waals surface area contributed by atoms with Crippen LogP contribution in [0.25, 0.3) is 0 Å². The largest absolute Gasteiger partial charge is 0.756 e. The van der Waals surface area contributed by atoms with E-state index in [-0.39, 0.29) is 24.9 Å². The number of allylic oxidation sites excluding steroid dienone is 11. The van der Waals surface area contributed by atoms with Gasteiger partial charge >= 0.3 is 5.97 Å². The normalized spacial score (nSPS) is 13.9. The molecule has 3 atom stereocenters. The third-order valence-electron chi connectivity index (χ3n) is 15.9. The fourth-order valence-electron chi connectivity index (χ4n) is 10.3. The van der Waals surface area contributed by atoms with Crippen molar-refractivity contribution in [1.82, 2.24) is 5.32 Å². The number of ether oxygens (including phenoxy) is 1. The third kappa shape index (κ3) is 63.9. The summed E-state index contributed by atoms with van der Waals surface area (Å²) in [6, 6.07) is -0.896. The van der Waals surface area contributed by atoms with Crippen LogP contribution in [0.4, 0.5) is 0 Å². The van der Waals surface area contributed by atoms with Crippen LogP contribution in [0.2, 0.25) is 0 Å². The van der Waals surface area contributed by atoms with Gasteiger partial charge in [-0.15, -0.1) is 0 Å². The molecule has 0 aromatic carbocycles. The quantitative estimate of drug-likeness (QED) is 0.0212. The first-order chi connectivity index (χ1) is 40.9. The summed E-state index contributed by atoms with van der Waals surface area (Å²) in [7, 11) is 1.18. The Labute approximate surface area is 521 Å². The van der Waals surface area contributed by atoms with Gasteiger partial charge in [-0.25, -0.2) is 0 Å². The van der Waals surface area contributed by atoms with Crippen LogP contribution < -0.4 is 10.2 Å². The second-order valence-corrected chi connectivity index (χ2v) is 26.8. The highest BCUT2D eigenvalue weighted by molar-refractivity contribution is 7.45. The van der Waals surface area contributed by atoms with Gasteiger partial charge in [-0.1, -0.05) is 293 Å². The second kappa shape index (κ2) is 63.5. The fourth-order valence-corrected chi connectivity index (χ4v) is 11.0. The molecule has 84 heavy (non-hydrogen) atoms. The maximum Gasteiger partial charge on any atom is 0.306 e. The second-order valence-electron chi connectivity index (χ2n) is 25.4. The molecule has 0 heterocycles. The van der Waals surface area contributed by atoms with Gasteiger partial charge in [0.1, 0.15) is 19.3 Å². The van der Waals surface area contributed by atoms with Crippen molar-refractivity contribution in [3.05, 3.63) is 72.9 Å². The molecule has 490 valence electrons. The molecule has 0 aliphatic heterocycles. The summed E-state index contributed by atoms with van der Waals surface area (Å²) in [6.45, 7) is 6.84. The molecule has 0 saturated carbocycles. The number of phosphoric ester groups is 1. The molecule has 0 aliphatic rings. The zero-order valence-corrected chi connectivity index (χ0v) is 57.0. The van der Waals surface area contributed by atoms with Crippen LogP contribution in [0.15, 0.2) is 72.9 Å². The van der Waals surface area contributed by atoms with E-state index in [4.69, 9.17) is 13.8 Å². The van der Waals surface area contributed by atoms with Gasteiger partial charge < -0.3 is 28.5 Å². The van der Waals surface area contributed by atoms with Crippen molar-refractivity contribution in [3.63, 3.8) is 0 Å². The average Bonchev–Trinajstić information content (AvgIpc) is 3.65. The van der Waals surface area contributed by atoms with Crippen molar-refractivity contribution in [3.8, 4) is 0 Å². The molecule has 9 nitrogen and oxygen atoms in total. The van der Waals surface area contributed by atoms with Crippen molar-refractivity contribution < 1.29 is 37.3 Å². The monoisotopic (exact) mass is 1200 g/mol. The van der Waals surface area contributed by atoms with Crippen molar-refractivity contribution in [2.45, 2.75) is 348 Å². The number of esters is 1. The molecule has 0 rings (SSSR count).